The Morgan fingerprint density at radius 3 is 2.81 bits per heavy atom. The van der Waals surface area contributed by atoms with E-state index in [1.807, 2.05) is 35.0 Å². The number of likely N-dealkylation sites (N-methyl/N-ethyl adjacent to an activating group) is 1. The highest BCUT2D eigenvalue weighted by molar-refractivity contribution is 5.93. The third kappa shape index (κ3) is 2.43. The van der Waals surface area contributed by atoms with Crippen molar-refractivity contribution in [1.82, 2.24) is 20.1 Å². The average molecular weight is 285 g/mol. The number of amides is 1. The van der Waals surface area contributed by atoms with Gasteiger partial charge in [-0.3, -0.25) is 15.1 Å². The second-order valence-corrected chi connectivity index (χ2v) is 5.11. The van der Waals surface area contributed by atoms with E-state index < -0.39 is 0 Å². The molecule has 0 bridgehead atoms. The molecule has 21 heavy (non-hydrogen) atoms. The van der Waals surface area contributed by atoms with Crippen molar-refractivity contribution >= 4 is 5.91 Å². The molecule has 0 aliphatic carbocycles. The second-order valence-electron chi connectivity index (χ2n) is 5.11. The minimum absolute atomic E-state index is 0.334. The highest BCUT2D eigenvalue weighted by Crippen LogP contribution is 2.25. The zero-order chi connectivity index (χ0) is 14.8. The number of para-hydroxylation sites is 1. The van der Waals surface area contributed by atoms with Crippen molar-refractivity contribution in [2.45, 2.75) is 19.9 Å². The molecule has 3 N–H and O–H groups in total. The topological polar surface area (TPSA) is 76.2 Å². The van der Waals surface area contributed by atoms with Crippen LogP contribution in [0.3, 0.4) is 0 Å². The Bertz CT molecular complexity index is 650. The van der Waals surface area contributed by atoms with Crippen LogP contribution in [-0.4, -0.2) is 33.7 Å². The first-order valence-electron chi connectivity index (χ1n) is 7.14. The van der Waals surface area contributed by atoms with Gasteiger partial charge in [-0.05, 0) is 18.7 Å². The number of nitrogens with two attached hydrogens (primary N) is 1. The number of nitrogen functional groups attached to an aromatic ring is 1. The van der Waals surface area contributed by atoms with E-state index in [9.17, 15) is 4.79 Å². The maximum atomic E-state index is 12.0. The lowest BCUT2D eigenvalue weighted by molar-refractivity contribution is 0.0946. The van der Waals surface area contributed by atoms with Gasteiger partial charge in [-0.15, -0.1) is 0 Å². The molecule has 1 amide bonds. The molecule has 1 aromatic heterocycles. The fourth-order valence-electron chi connectivity index (χ4n) is 2.78. The SMILES string of the molecule is CCN1CCc2c(c(C(=O)NN)nn2-c2ccccc2)C1. The molecular formula is C15H19N5O. The number of hydrogen-bond donors (Lipinski definition) is 2. The number of nitrogens with one attached hydrogen (secondary N) is 1. The predicted octanol–water partition coefficient (Wildman–Crippen LogP) is 0.854. The zero-order valence-electron chi connectivity index (χ0n) is 12.0. The molecule has 0 unspecified atom stereocenters. The van der Waals surface area contributed by atoms with E-state index in [4.69, 9.17) is 5.84 Å². The van der Waals surface area contributed by atoms with Gasteiger partial charge in [-0.1, -0.05) is 25.1 Å². The standard InChI is InChI=1S/C15H19N5O/c1-2-19-9-8-13-12(10-19)14(15(21)17-16)18-20(13)11-6-4-3-5-7-11/h3-7H,2,8-10,16H2,1H3,(H,17,21). The average Bonchev–Trinajstić information content (AvgIpc) is 2.93. The number of carbonyl (C=O) groups excluding carboxylic acids is 1. The van der Waals surface area contributed by atoms with Crippen molar-refractivity contribution in [2.24, 2.45) is 5.84 Å². The van der Waals surface area contributed by atoms with Gasteiger partial charge in [0.05, 0.1) is 11.4 Å². The van der Waals surface area contributed by atoms with Crippen LogP contribution in [0.2, 0.25) is 0 Å². The lowest BCUT2D eigenvalue weighted by atomic mass is 10.0. The van der Waals surface area contributed by atoms with Crippen LogP contribution in [0.4, 0.5) is 0 Å². The molecule has 0 radical (unpaired) electrons. The van der Waals surface area contributed by atoms with Gasteiger partial charge in [-0.2, -0.15) is 5.10 Å². The summed E-state index contributed by atoms with van der Waals surface area (Å²) in [6, 6.07) is 9.87. The van der Waals surface area contributed by atoms with E-state index in [1.165, 1.54) is 0 Å². The molecule has 0 saturated carbocycles. The van der Waals surface area contributed by atoms with Crippen LogP contribution in [0, 0.1) is 0 Å². The van der Waals surface area contributed by atoms with E-state index in [-0.39, 0.29) is 5.91 Å². The molecule has 1 aromatic carbocycles. The highest BCUT2D eigenvalue weighted by atomic mass is 16.2. The summed E-state index contributed by atoms with van der Waals surface area (Å²) in [5.41, 5.74) is 5.67. The van der Waals surface area contributed by atoms with Crippen LogP contribution in [-0.2, 0) is 13.0 Å². The summed E-state index contributed by atoms with van der Waals surface area (Å²) in [7, 11) is 0. The van der Waals surface area contributed by atoms with Gasteiger partial charge in [0.25, 0.3) is 5.91 Å². The smallest absolute Gasteiger partial charge is 0.286 e. The number of carbonyl (C=O) groups is 1. The van der Waals surface area contributed by atoms with Crippen molar-refractivity contribution in [3.05, 3.63) is 47.3 Å². The number of fused-ring (bicyclic) bond motifs is 1. The molecule has 1 aliphatic rings. The van der Waals surface area contributed by atoms with Gasteiger partial charge >= 0.3 is 0 Å². The molecule has 6 heteroatoms. The van der Waals surface area contributed by atoms with Crippen LogP contribution in [0.1, 0.15) is 28.7 Å². The first-order valence-corrected chi connectivity index (χ1v) is 7.14. The Balaban J connectivity index is 2.11. The Morgan fingerprint density at radius 1 is 1.38 bits per heavy atom. The van der Waals surface area contributed by atoms with Crippen LogP contribution >= 0.6 is 0 Å². The summed E-state index contributed by atoms with van der Waals surface area (Å²) >= 11 is 0. The van der Waals surface area contributed by atoms with Crippen molar-refractivity contribution in [3.63, 3.8) is 0 Å². The molecule has 6 nitrogen and oxygen atoms in total. The lowest BCUT2D eigenvalue weighted by Gasteiger charge is -2.26. The lowest BCUT2D eigenvalue weighted by Crippen LogP contribution is -2.34. The van der Waals surface area contributed by atoms with E-state index in [2.05, 4.69) is 22.3 Å². The van der Waals surface area contributed by atoms with E-state index >= 15 is 0 Å². The predicted molar refractivity (Wildman–Crippen MR) is 79.9 cm³/mol. The van der Waals surface area contributed by atoms with Crippen molar-refractivity contribution in [3.8, 4) is 5.69 Å². The molecule has 0 spiro atoms. The van der Waals surface area contributed by atoms with Crippen LogP contribution in [0.15, 0.2) is 30.3 Å². The van der Waals surface area contributed by atoms with Crippen LogP contribution in [0.25, 0.3) is 5.69 Å². The molecule has 0 atom stereocenters. The number of hydrogen-bond acceptors (Lipinski definition) is 4. The molecule has 3 rings (SSSR count). The van der Waals surface area contributed by atoms with Crippen LogP contribution < -0.4 is 11.3 Å². The Kier molecular flexibility index (Phi) is 3.72. The molecule has 0 fully saturated rings. The molecular weight excluding hydrogens is 266 g/mol. The summed E-state index contributed by atoms with van der Waals surface area (Å²) in [5.74, 6) is 4.96. The Hall–Kier alpha value is -2.18. The molecule has 2 heterocycles. The molecule has 0 saturated heterocycles. The monoisotopic (exact) mass is 285 g/mol. The summed E-state index contributed by atoms with van der Waals surface area (Å²) in [6.45, 7) is 4.79. The Morgan fingerprint density at radius 2 is 2.14 bits per heavy atom. The summed E-state index contributed by atoms with van der Waals surface area (Å²) in [4.78, 5) is 14.3. The maximum Gasteiger partial charge on any atom is 0.286 e. The van der Waals surface area contributed by atoms with Crippen molar-refractivity contribution < 1.29 is 4.79 Å². The van der Waals surface area contributed by atoms with Crippen molar-refractivity contribution in [1.29, 1.82) is 0 Å². The summed E-state index contributed by atoms with van der Waals surface area (Å²) < 4.78 is 1.87. The van der Waals surface area contributed by atoms with Crippen LogP contribution in [0.5, 0.6) is 0 Å². The Labute approximate surface area is 123 Å². The van der Waals surface area contributed by atoms with E-state index in [0.717, 1.165) is 43.0 Å². The summed E-state index contributed by atoms with van der Waals surface area (Å²) in [5, 5.41) is 4.50. The maximum absolute atomic E-state index is 12.0. The second kappa shape index (κ2) is 5.67. The zero-order valence-corrected chi connectivity index (χ0v) is 12.0. The number of benzene rings is 1. The third-order valence-electron chi connectivity index (χ3n) is 3.93. The molecule has 110 valence electrons. The number of hydrazine groups is 1. The number of aromatic nitrogens is 2. The normalized spacial score (nSPS) is 14.8. The summed E-state index contributed by atoms with van der Waals surface area (Å²) in [6.07, 6.45) is 0.878. The fraction of sp³-hybridized carbons (Fsp3) is 0.333. The number of nitrogens with zero attached hydrogens (tertiary/aromatic N) is 3. The third-order valence-corrected chi connectivity index (χ3v) is 3.93. The van der Waals surface area contributed by atoms with Gasteiger partial charge in [0.15, 0.2) is 5.69 Å². The highest BCUT2D eigenvalue weighted by Gasteiger charge is 2.27. The van der Waals surface area contributed by atoms with Gasteiger partial charge in [0.2, 0.25) is 0 Å². The minimum atomic E-state index is -0.334. The van der Waals surface area contributed by atoms with E-state index in [0.29, 0.717) is 5.69 Å². The largest absolute Gasteiger partial charge is 0.299 e. The first kappa shape index (κ1) is 13.8. The van der Waals surface area contributed by atoms with Gasteiger partial charge < -0.3 is 0 Å². The van der Waals surface area contributed by atoms with Gasteiger partial charge in [0, 0.05) is 25.1 Å². The van der Waals surface area contributed by atoms with Gasteiger partial charge in [-0.25, -0.2) is 10.5 Å². The quantitative estimate of drug-likeness (QED) is 0.498. The molecule has 1 aliphatic heterocycles. The fourth-order valence-corrected chi connectivity index (χ4v) is 2.78. The first-order chi connectivity index (χ1) is 10.2. The minimum Gasteiger partial charge on any atom is -0.299 e. The van der Waals surface area contributed by atoms with Gasteiger partial charge in [0.1, 0.15) is 0 Å². The molecule has 2 aromatic rings. The van der Waals surface area contributed by atoms with E-state index in [1.54, 1.807) is 0 Å². The van der Waals surface area contributed by atoms with Crippen molar-refractivity contribution in [2.75, 3.05) is 13.1 Å². The number of rotatable bonds is 3.